The maximum Gasteiger partial charge on any atom is 0.314 e. The maximum atomic E-state index is 13.1. The summed E-state index contributed by atoms with van der Waals surface area (Å²) in [6.45, 7) is 11.3. The van der Waals surface area contributed by atoms with Gasteiger partial charge in [0, 0.05) is 6.61 Å². The molecule has 5 aliphatic rings. The number of carbonyl (C=O) groups excluding carboxylic acids is 1. The zero-order chi connectivity index (χ0) is 27.2. The molecule has 0 aliphatic heterocycles. The molecule has 0 aromatic rings. The molecule has 6 nitrogen and oxygen atoms in total. The van der Waals surface area contributed by atoms with E-state index in [0.29, 0.717) is 25.2 Å². The fourth-order valence-electron chi connectivity index (χ4n) is 10.9. The Labute approximate surface area is 222 Å². The third-order valence-corrected chi connectivity index (χ3v) is 13.6. The van der Waals surface area contributed by atoms with Crippen molar-refractivity contribution in [3.8, 4) is 0 Å². The van der Waals surface area contributed by atoms with Crippen LogP contribution >= 0.6 is 0 Å². The summed E-state index contributed by atoms with van der Waals surface area (Å²) in [6, 6.07) is 0. The zero-order valence-electron chi connectivity index (χ0n) is 23.7. The van der Waals surface area contributed by atoms with Crippen molar-refractivity contribution < 1.29 is 29.6 Å². The van der Waals surface area contributed by atoms with Crippen molar-refractivity contribution in [2.75, 3.05) is 13.7 Å². The number of aliphatic carboxylic acids is 1. The highest BCUT2D eigenvalue weighted by Crippen LogP contribution is 2.75. The van der Waals surface area contributed by atoms with Crippen molar-refractivity contribution in [2.24, 2.45) is 50.2 Å². The van der Waals surface area contributed by atoms with Gasteiger partial charge in [0.15, 0.2) is 0 Å². The quantitative estimate of drug-likeness (QED) is 0.345. The molecule has 3 N–H and O–H groups in total. The van der Waals surface area contributed by atoms with Crippen LogP contribution in [0.4, 0.5) is 0 Å². The van der Waals surface area contributed by atoms with Gasteiger partial charge in [-0.1, -0.05) is 39.3 Å². The van der Waals surface area contributed by atoms with Gasteiger partial charge >= 0.3 is 11.9 Å². The summed E-state index contributed by atoms with van der Waals surface area (Å²) in [5, 5.41) is 31.8. The first kappa shape index (κ1) is 27.2. The number of rotatable bonds is 3. The highest BCUT2D eigenvalue weighted by Gasteiger charge is 2.70. The third-order valence-electron chi connectivity index (χ3n) is 13.6. The van der Waals surface area contributed by atoms with E-state index in [1.807, 2.05) is 6.92 Å². The number of aliphatic hydroxyl groups excluding tert-OH is 2. The second kappa shape index (κ2) is 8.30. The van der Waals surface area contributed by atoms with Gasteiger partial charge in [-0.3, -0.25) is 9.59 Å². The molecular formula is C31H48O6. The van der Waals surface area contributed by atoms with Crippen LogP contribution in [0, 0.1) is 50.2 Å². The Balaban J connectivity index is 1.60. The van der Waals surface area contributed by atoms with Gasteiger partial charge in [-0.25, -0.2) is 0 Å². The number of hydrogen-bond acceptors (Lipinski definition) is 5. The van der Waals surface area contributed by atoms with Gasteiger partial charge in [-0.05, 0) is 111 Å². The summed E-state index contributed by atoms with van der Waals surface area (Å²) >= 11 is 0. The molecule has 0 unspecified atom stereocenters. The molecule has 37 heavy (non-hydrogen) atoms. The van der Waals surface area contributed by atoms with E-state index in [-0.39, 0.29) is 46.1 Å². The van der Waals surface area contributed by atoms with Crippen LogP contribution in [0.3, 0.4) is 0 Å². The third kappa shape index (κ3) is 3.24. The monoisotopic (exact) mass is 516 g/mol. The second-order valence-corrected chi connectivity index (χ2v) is 14.8. The van der Waals surface area contributed by atoms with Crippen molar-refractivity contribution in [3.63, 3.8) is 0 Å². The molecule has 0 bridgehead atoms. The van der Waals surface area contributed by atoms with E-state index in [1.165, 1.54) is 12.7 Å². The van der Waals surface area contributed by atoms with Gasteiger partial charge in [0.2, 0.25) is 0 Å². The molecule has 0 amide bonds. The molecular weight excluding hydrogens is 468 g/mol. The summed E-state index contributed by atoms with van der Waals surface area (Å²) in [7, 11) is 1.43. The Hall–Kier alpha value is -1.40. The number of aliphatic hydroxyl groups is 2. The summed E-state index contributed by atoms with van der Waals surface area (Å²) < 4.78 is 5.26. The lowest BCUT2D eigenvalue weighted by atomic mass is 9.33. The number of hydrogen-bond donors (Lipinski definition) is 3. The van der Waals surface area contributed by atoms with Crippen molar-refractivity contribution >= 4 is 11.9 Å². The molecule has 5 rings (SSSR count). The number of esters is 1. The number of methoxy groups -OCH3 is 1. The van der Waals surface area contributed by atoms with Crippen LogP contribution in [0.1, 0.15) is 98.8 Å². The Morgan fingerprint density at radius 3 is 2.27 bits per heavy atom. The summed E-state index contributed by atoms with van der Waals surface area (Å²) in [4.78, 5) is 25.9. The summed E-state index contributed by atoms with van der Waals surface area (Å²) in [6.07, 6.45) is 9.53. The van der Waals surface area contributed by atoms with Crippen LogP contribution in [-0.2, 0) is 14.3 Å². The van der Waals surface area contributed by atoms with Gasteiger partial charge in [-0.15, -0.1) is 0 Å². The van der Waals surface area contributed by atoms with Crippen LogP contribution in [0.2, 0.25) is 0 Å². The Morgan fingerprint density at radius 2 is 1.65 bits per heavy atom. The smallest absolute Gasteiger partial charge is 0.314 e. The van der Waals surface area contributed by atoms with Gasteiger partial charge in [0.25, 0.3) is 0 Å². The van der Waals surface area contributed by atoms with Gasteiger partial charge in [0.1, 0.15) is 0 Å². The van der Waals surface area contributed by atoms with Crippen molar-refractivity contribution in [2.45, 2.75) is 105 Å². The second-order valence-electron chi connectivity index (χ2n) is 14.8. The van der Waals surface area contributed by atoms with Crippen molar-refractivity contribution in [3.05, 3.63) is 11.6 Å². The van der Waals surface area contributed by atoms with Gasteiger partial charge in [-0.2, -0.15) is 0 Å². The number of ether oxygens (including phenoxy) is 1. The predicted molar refractivity (Wildman–Crippen MR) is 140 cm³/mol. The van der Waals surface area contributed by atoms with Crippen molar-refractivity contribution in [1.82, 2.24) is 0 Å². The number of allylic oxidation sites excluding steroid dienone is 2. The van der Waals surface area contributed by atoms with E-state index in [9.17, 15) is 24.9 Å². The minimum absolute atomic E-state index is 0.0284. The molecule has 0 radical (unpaired) electrons. The molecule has 0 saturated heterocycles. The largest absolute Gasteiger partial charge is 0.481 e. The minimum Gasteiger partial charge on any atom is -0.481 e. The van der Waals surface area contributed by atoms with Crippen LogP contribution in [0.15, 0.2) is 11.6 Å². The first-order valence-electron chi connectivity index (χ1n) is 14.5. The zero-order valence-corrected chi connectivity index (χ0v) is 23.7. The van der Waals surface area contributed by atoms with Gasteiger partial charge < -0.3 is 20.1 Å². The lowest BCUT2D eigenvalue weighted by molar-refractivity contribution is -0.219. The predicted octanol–water partition coefficient (Wildman–Crippen LogP) is 5.36. The lowest BCUT2D eigenvalue weighted by Crippen LogP contribution is -2.66. The molecule has 4 saturated carbocycles. The molecule has 0 heterocycles. The fraction of sp³-hybridized carbons (Fsp3) is 0.871. The molecule has 0 aromatic carbocycles. The summed E-state index contributed by atoms with van der Waals surface area (Å²) in [5.74, 6) is -0.631. The molecule has 6 heteroatoms. The van der Waals surface area contributed by atoms with Crippen LogP contribution < -0.4 is 0 Å². The Morgan fingerprint density at radius 1 is 0.973 bits per heavy atom. The summed E-state index contributed by atoms with van der Waals surface area (Å²) in [5.41, 5.74) is -0.834. The van der Waals surface area contributed by atoms with Crippen LogP contribution in [-0.4, -0.2) is 47.1 Å². The Bertz CT molecular complexity index is 1020. The molecule has 4 fully saturated rings. The maximum absolute atomic E-state index is 13.1. The molecule has 0 aromatic heterocycles. The lowest BCUT2D eigenvalue weighted by Gasteiger charge is -2.71. The highest BCUT2D eigenvalue weighted by atomic mass is 16.5. The average Bonchev–Trinajstić information content (AvgIpc) is 2.86. The van der Waals surface area contributed by atoms with Crippen LogP contribution in [0.25, 0.3) is 0 Å². The first-order valence-corrected chi connectivity index (χ1v) is 14.5. The van der Waals surface area contributed by atoms with Gasteiger partial charge in [0.05, 0.1) is 24.0 Å². The molecule has 0 spiro atoms. The van der Waals surface area contributed by atoms with E-state index < -0.39 is 22.9 Å². The molecule has 10 atom stereocenters. The van der Waals surface area contributed by atoms with E-state index in [2.05, 4.69) is 33.8 Å². The number of fused-ring (bicyclic) bond motifs is 7. The SMILES string of the molecule is COC(=O)[C@@]1(C)[C@@H]2CC[C@]3(C)[C@H](CC=C4[C@@H]5C[C@](C)(CO)CC[C@]5(C(=O)O)CC[C@]43C)[C@@]2(C)CC[C@@H]1O. The fourth-order valence-corrected chi connectivity index (χ4v) is 10.9. The Kier molecular flexibility index (Phi) is 6.10. The molecule has 5 aliphatic carbocycles. The van der Waals surface area contributed by atoms with E-state index >= 15 is 0 Å². The standard InChI is InChI=1S/C31H48O6/c1-26(18-32)13-15-31(24(34)35)16-14-28(3)19(20(31)17-26)7-8-21-27(2)11-10-23(33)30(5,25(36)37-6)22(27)9-12-29(21,28)4/h7,20-23,32-33H,8-18H2,1-6H3,(H,34,35)/t20-,21+,22+,23-,26+,27+,28+,29+,30-,31-/m0/s1. The number of carboxylic acid groups (broad SMARTS) is 1. The number of carbonyl (C=O) groups is 2. The van der Waals surface area contributed by atoms with E-state index in [4.69, 9.17) is 4.74 Å². The average molecular weight is 517 g/mol. The van der Waals surface area contributed by atoms with Crippen LogP contribution in [0.5, 0.6) is 0 Å². The normalized spacial score (nSPS) is 53.0. The first-order chi connectivity index (χ1) is 17.2. The van der Waals surface area contributed by atoms with E-state index in [1.54, 1.807) is 0 Å². The highest BCUT2D eigenvalue weighted by molar-refractivity contribution is 5.78. The minimum atomic E-state index is -0.911. The topological polar surface area (TPSA) is 104 Å². The number of carboxylic acids is 1. The molecule has 208 valence electrons. The van der Waals surface area contributed by atoms with Crippen molar-refractivity contribution in [1.29, 1.82) is 0 Å². The van der Waals surface area contributed by atoms with E-state index in [0.717, 1.165) is 44.9 Å².